The summed E-state index contributed by atoms with van der Waals surface area (Å²) in [6.45, 7) is 2.66. The molecule has 0 aliphatic rings. The Morgan fingerprint density at radius 2 is 2.04 bits per heavy atom. The summed E-state index contributed by atoms with van der Waals surface area (Å²) >= 11 is 0. The van der Waals surface area contributed by atoms with Crippen molar-refractivity contribution < 1.29 is 14.6 Å². The van der Waals surface area contributed by atoms with Crippen LogP contribution in [-0.2, 0) is 0 Å². The maximum Gasteiger partial charge on any atom is 0.202 e. The minimum atomic E-state index is -0.122. The van der Waals surface area contributed by atoms with E-state index in [9.17, 15) is 10.0 Å². The lowest BCUT2D eigenvalue weighted by molar-refractivity contribution is -0.520. The third-order valence-corrected chi connectivity index (χ3v) is 4.12. The van der Waals surface area contributed by atoms with E-state index in [-0.39, 0.29) is 11.7 Å². The Labute approximate surface area is 140 Å². The zero-order valence-corrected chi connectivity index (χ0v) is 13.8. The zero-order chi connectivity index (χ0) is 17.1. The number of hydrogen-bond acceptors (Lipinski definition) is 3. The fourth-order valence-electron chi connectivity index (χ4n) is 3.04. The first-order valence-electron chi connectivity index (χ1n) is 8.00. The number of phenolic OH excluding ortho intramolecular Hbond substituents is 1. The van der Waals surface area contributed by atoms with E-state index >= 15 is 0 Å². The molecule has 5 nitrogen and oxygen atoms in total. The average Bonchev–Trinajstić information content (AvgIpc) is 2.99. The van der Waals surface area contributed by atoms with Crippen molar-refractivity contribution in [1.82, 2.24) is 4.98 Å². The van der Waals surface area contributed by atoms with Gasteiger partial charge in [0.2, 0.25) is 6.54 Å². The molecule has 5 heteroatoms. The lowest BCUT2D eigenvalue weighted by Gasteiger charge is -2.15. The Morgan fingerprint density at radius 1 is 1.25 bits per heavy atom. The van der Waals surface area contributed by atoms with Gasteiger partial charge in [0, 0.05) is 22.0 Å². The van der Waals surface area contributed by atoms with E-state index in [1.54, 1.807) is 6.07 Å². The minimum absolute atomic E-state index is 0.105. The number of nitrogens with zero attached hydrogens (tertiary/aromatic N) is 1. The first-order chi connectivity index (χ1) is 11.6. The summed E-state index contributed by atoms with van der Waals surface area (Å²) < 4.78 is 6.42. The molecule has 1 heterocycles. The number of aromatic nitrogens is 1. The zero-order valence-electron chi connectivity index (χ0n) is 13.8. The molecule has 124 valence electrons. The van der Waals surface area contributed by atoms with Crippen LogP contribution < -0.4 is 4.74 Å². The second-order valence-electron chi connectivity index (χ2n) is 5.81. The molecule has 0 saturated heterocycles. The summed E-state index contributed by atoms with van der Waals surface area (Å²) in [4.78, 5) is 15.0. The van der Waals surface area contributed by atoms with Crippen LogP contribution in [-0.4, -0.2) is 35.0 Å². The molecular weight excluding hydrogens is 304 g/mol. The van der Waals surface area contributed by atoms with Crippen molar-refractivity contribution >= 4 is 10.9 Å². The highest BCUT2D eigenvalue weighted by Crippen LogP contribution is 2.35. The van der Waals surface area contributed by atoms with Crippen molar-refractivity contribution in [2.75, 3.05) is 20.2 Å². The van der Waals surface area contributed by atoms with Gasteiger partial charge < -0.3 is 14.8 Å². The summed E-state index contributed by atoms with van der Waals surface area (Å²) in [6.07, 6.45) is 1.95. The number of benzene rings is 2. The highest BCUT2D eigenvalue weighted by Gasteiger charge is 2.24. The first kappa shape index (κ1) is 16.1. The molecule has 3 aromatic rings. The standard InChI is InChI=1S/C19H20N2O3/c1-3-24-19-10-13(8-9-18(19)22)16(12-21(2)23)15-11-20-17-7-5-4-6-14(15)17/h4-11,16,20H,3,12H2,1-2H3/p+1. The molecule has 0 saturated carbocycles. The van der Waals surface area contributed by atoms with Gasteiger partial charge in [-0.05, 0) is 41.0 Å². The smallest absolute Gasteiger partial charge is 0.202 e. The third kappa shape index (κ3) is 3.11. The molecule has 0 fully saturated rings. The molecule has 1 atom stereocenters. The van der Waals surface area contributed by atoms with Gasteiger partial charge in [0.1, 0.15) is 0 Å². The van der Waals surface area contributed by atoms with Crippen LogP contribution in [0, 0.1) is 4.91 Å². The molecule has 0 radical (unpaired) electrons. The van der Waals surface area contributed by atoms with E-state index in [1.807, 2.05) is 49.5 Å². The van der Waals surface area contributed by atoms with Gasteiger partial charge in [0.15, 0.2) is 18.5 Å². The number of para-hydroxylation sites is 1. The Morgan fingerprint density at radius 3 is 2.79 bits per heavy atom. The summed E-state index contributed by atoms with van der Waals surface area (Å²) in [7, 11) is 1.52. The second kappa shape index (κ2) is 6.74. The van der Waals surface area contributed by atoms with Gasteiger partial charge in [-0.1, -0.05) is 24.3 Å². The van der Waals surface area contributed by atoms with Crippen LogP contribution in [0.15, 0.2) is 48.7 Å². The fourth-order valence-corrected chi connectivity index (χ4v) is 3.04. The van der Waals surface area contributed by atoms with Crippen molar-refractivity contribution in [2.24, 2.45) is 0 Å². The van der Waals surface area contributed by atoms with Gasteiger partial charge in [-0.15, -0.1) is 0 Å². The fraction of sp³-hybridized carbons (Fsp3) is 0.263. The summed E-state index contributed by atoms with van der Waals surface area (Å²) in [5.74, 6) is 0.422. The molecule has 1 unspecified atom stereocenters. The first-order valence-corrected chi connectivity index (χ1v) is 8.00. The Bertz CT molecular complexity index is 870. The Hall–Kier alpha value is -2.82. The Kier molecular flexibility index (Phi) is 4.51. The molecular formula is C19H21N2O3+. The number of likely N-dealkylation sites (N-methyl/N-ethyl adjacent to an activating group) is 1. The van der Waals surface area contributed by atoms with Gasteiger partial charge >= 0.3 is 0 Å². The second-order valence-corrected chi connectivity index (χ2v) is 5.81. The number of aromatic amines is 1. The van der Waals surface area contributed by atoms with Crippen molar-refractivity contribution in [3.63, 3.8) is 0 Å². The number of nitroso groups, excluding NO2 is 1. The van der Waals surface area contributed by atoms with Crippen LogP contribution in [0.1, 0.15) is 24.0 Å². The predicted octanol–water partition coefficient (Wildman–Crippen LogP) is 3.81. The number of aromatic hydroxyl groups is 1. The van der Waals surface area contributed by atoms with Crippen LogP contribution >= 0.6 is 0 Å². The SMILES string of the molecule is CCOc1cc(C(C[N+](C)=O)c2c[nH]c3ccccc23)ccc1O. The number of nitrogens with one attached hydrogen (secondary N) is 1. The van der Waals surface area contributed by atoms with Gasteiger partial charge in [0.05, 0.1) is 12.5 Å². The van der Waals surface area contributed by atoms with Gasteiger partial charge in [-0.3, -0.25) is 0 Å². The normalized spacial score (nSPS) is 12.2. The molecule has 0 aliphatic carbocycles. The van der Waals surface area contributed by atoms with E-state index in [2.05, 4.69) is 4.98 Å². The molecule has 0 bridgehead atoms. The number of phenols is 1. The molecule has 2 N–H and O–H groups in total. The number of fused-ring (bicyclic) bond motifs is 1. The van der Waals surface area contributed by atoms with Crippen LogP contribution in [0.2, 0.25) is 0 Å². The summed E-state index contributed by atoms with van der Waals surface area (Å²) in [6, 6.07) is 13.3. The highest BCUT2D eigenvalue weighted by molar-refractivity contribution is 5.84. The molecule has 2 aromatic carbocycles. The number of H-pyrrole nitrogens is 1. The van der Waals surface area contributed by atoms with E-state index in [1.165, 1.54) is 7.05 Å². The van der Waals surface area contributed by atoms with Crippen LogP contribution in [0.3, 0.4) is 0 Å². The summed E-state index contributed by atoms with van der Waals surface area (Å²) in [5, 5.41) is 11.0. The highest BCUT2D eigenvalue weighted by atomic mass is 16.5. The van der Waals surface area contributed by atoms with Gasteiger partial charge in [0.25, 0.3) is 0 Å². The number of hydrogen-bond donors (Lipinski definition) is 2. The maximum absolute atomic E-state index is 11.8. The third-order valence-electron chi connectivity index (χ3n) is 4.12. The van der Waals surface area contributed by atoms with Crippen molar-refractivity contribution in [2.45, 2.75) is 12.8 Å². The maximum atomic E-state index is 11.8. The van der Waals surface area contributed by atoms with E-state index in [4.69, 9.17) is 4.74 Å². The largest absolute Gasteiger partial charge is 0.504 e. The van der Waals surface area contributed by atoms with E-state index < -0.39 is 0 Å². The van der Waals surface area contributed by atoms with Crippen molar-refractivity contribution in [3.05, 3.63) is 64.7 Å². The molecule has 24 heavy (non-hydrogen) atoms. The molecule has 3 rings (SSSR count). The predicted molar refractivity (Wildman–Crippen MR) is 93.8 cm³/mol. The lowest BCUT2D eigenvalue weighted by Crippen LogP contribution is -2.15. The Balaban J connectivity index is 2.10. The van der Waals surface area contributed by atoms with Crippen LogP contribution in [0.4, 0.5) is 0 Å². The van der Waals surface area contributed by atoms with Crippen LogP contribution in [0.25, 0.3) is 10.9 Å². The van der Waals surface area contributed by atoms with E-state index in [0.717, 1.165) is 26.8 Å². The average molecular weight is 325 g/mol. The van der Waals surface area contributed by atoms with Crippen LogP contribution in [0.5, 0.6) is 11.5 Å². The molecule has 0 spiro atoms. The molecule has 1 aromatic heterocycles. The monoisotopic (exact) mass is 325 g/mol. The minimum Gasteiger partial charge on any atom is -0.504 e. The molecule has 0 amide bonds. The van der Waals surface area contributed by atoms with E-state index in [0.29, 0.717) is 18.9 Å². The molecule has 0 aliphatic heterocycles. The van der Waals surface area contributed by atoms with Crippen molar-refractivity contribution in [1.29, 1.82) is 0 Å². The lowest BCUT2D eigenvalue weighted by atomic mass is 9.90. The van der Waals surface area contributed by atoms with Gasteiger partial charge in [-0.2, -0.15) is 0 Å². The number of ether oxygens (including phenoxy) is 1. The quantitative estimate of drug-likeness (QED) is 0.677. The summed E-state index contributed by atoms with van der Waals surface area (Å²) in [5.41, 5.74) is 3.03. The van der Waals surface area contributed by atoms with Gasteiger partial charge in [-0.25, -0.2) is 0 Å². The van der Waals surface area contributed by atoms with Crippen molar-refractivity contribution in [3.8, 4) is 11.5 Å². The number of rotatable bonds is 6. The topological polar surface area (TPSA) is 65.3 Å².